The molecule has 0 aromatic rings. The Kier molecular flexibility index (Phi) is 7.00. The van der Waals surface area contributed by atoms with Crippen LogP contribution in [0.3, 0.4) is 0 Å². The lowest BCUT2D eigenvalue weighted by molar-refractivity contribution is -0.278. The molecule has 0 N–H and O–H groups in total. The molecule has 2 heterocycles. The van der Waals surface area contributed by atoms with Crippen LogP contribution < -0.4 is 0 Å². The molecule has 2 fully saturated rings. The van der Waals surface area contributed by atoms with Gasteiger partial charge in [0.1, 0.15) is 0 Å². The van der Waals surface area contributed by atoms with Gasteiger partial charge in [0, 0.05) is 5.92 Å². The molecule has 4 nitrogen and oxygen atoms in total. The van der Waals surface area contributed by atoms with Crippen LogP contribution in [-0.2, 0) is 18.9 Å². The standard InChI is InChI=1S/C16H28O4/c1-3-5-7-13-9-19-16(20-10-13)14-11-17-15(18-12-14)8-6-4-2/h5,7,13-16H,3-4,6,8-12H2,1-2H3/b7-5+. The fourth-order valence-electron chi connectivity index (χ4n) is 2.50. The van der Waals surface area contributed by atoms with E-state index < -0.39 is 0 Å². The summed E-state index contributed by atoms with van der Waals surface area (Å²) in [6.07, 6.45) is 8.52. The fourth-order valence-corrected chi connectivity index (χ4v) is 2.50. The highest BCUT2D eigenvalue weighted by atomic mass is 16.7. The van der Waals surface area contributed by atoms with Crippen LogP contribution in [0.2, 0.25) is 0 Å². The predicted molar refractivity (Wildman–Crippen MR) is 77.3 cm³/mol. The second-order valence-electron chi connectivity index (χ2n) is 5.63. The maximum atomic E-state index is 5.81. The molecule has 2 rings (SSSR count). The minimum Gasteiger partial charge on any atom is -0.352 e. The summed E-state index contributed by atoms with van der Waals surface area (Å²) < 4.78 is 23.1. The highest BCUT2D eigenvalue weighted by molar-refractivity contribution is 4.89. The lowest BCUT2D eigenvalue weighted by Crippen LogP contribution is -2.44. The molecule has 0 unspecified atom stereocenters. The van der Waals surface area contributed by atoms with Gasteiger partial charge in [0.15, 0.2) is 12.6 Å². The lowest BCUT2D eigenvalue weighted by atomic mass is 10.1. The van der Waals surface area contributed by atoms with Crippen molar-refractivity contribution in [1.29, 1.82) is 0 Å². The van der Waals surface area contributed by atoms with Gasteiger partial charge in [0.05, 0.1) is 32.3 Å². The van der Waals surface area contributed by atoms with Gasteiger partial charge in [-0.25, -0.2) is 0 Å². The molecule has 0 aromatic carbocycles. The van der Waals surface area contributed by atoms with Gasteiger partial charge in [-0.2, -0.15) is 0 Å². The molecule has 2 aliphatic heterocycles. The van der Waals surface area contributed by atoms with Gasteiger partial charge in [-0.1, -0.05) is 32.4 Å². The average molecular weight is 284 g/mol. The normalized spacial score (nSPS) is 35.5. The summed E-state index contributed by atoms with van der Waals surface area (Å²) >= 11 is 0. The lowest BCUT2D eigenvalue weighted by Gasteiger charge is -2.37. The quantitative estimate of drug-likeness (QED) is 0.702. The number of allylic oxidation sites excluding steroid dienone is 1. The third kappa shape index (κ3) is 4.85. The van der Waals surface area contributed by atoms with Gasteiger partial charge in [0.2, 0.25) is 0 Å². The minimum absolute atomic E-state index is 0.0324. The summed E-state index contributed by atoms with van der Waals surface area (Å²) in [5, 5.41) is 0. The molecule has 0 aromatic heterocycles. The number of hydrogen-bond donors (Lipinski definition) is 0. The highest BCUT2D eigenvalue weighted by Crippen LogP contribution is 2.24. The Hall–Kier alpha value is -0.420. The maximum absolute atomic E-state index is 5.81. The van der Waals surface area contributed by atoms with Crippen molar-refractivity contribution < 1.29 is 18.9 Å². The van der Waals surface area contributed by atoms with Gasteiger partial charge >= 0.3 is 0 Å². The van der Waals surface area contributed by atoms with Crippen molar-refractivity contribution in [2.24, 2.45) is 11.8 Å². The third-order valence-electron chi connectivity index (χ3n) is 3.76. The highest BCUT2D eigenvalue weighted by Gasteiger charge is 2.32. The van der Waals surface area contributed by atoms with Crippen LogP contribution in [0.15, 0.2) is 12.2 Å². The minimum atomic E-state index is -0.173. The van der Waals surface area contributed by atoms with Crippen molar-refractivity contribution in [3.63, 3.8) is 0 Å². The van der Waals surface area contributed by atoms with E-state index in [4.69, 9.17) is 18.9 Å². The Morgan fingerprint density at radius 3 is 2.25 bits per heavy atom. The van der Waals surface area contributed by atoms with E-state index in [1.165, 1.54) is 6.42 Å². The topological polar surface area (TPSA) is 36.9 Å². The van der Waals surface area contributed by atoms with Crippen LogP contribution in [0.25, 0.3) is 0 Å². The van der Waals surface area contributed by atoms with Crippen LogP contribution >= 0.6 is 0 Å². The van der Waals surface area contributed by atoms with Crippen molar-refractivity contribution in [3.8, 4) is 0 Å². The largest absolute Gasteiger partial charge is 0.352 e. The summed E-state index contributed by atoms with van der Waals surface area (Å²) in [7, 11) is 0. The zero-order valence-electron chi connectivity index (χ0n) is 12.8. The molecule has 2 saturated heterocycles. The van der Waals surface area contributed by atoms with E-state index in [9.17, 15) is 0 Å². The van der Waals surface area contributed by atoms with E-state index in [0.717, 1.165) is 32.5 Å². The van der Waals surface area contributed by atoms with Crippen molar-refractivity contribution in [2.75, 3.05) is 26.4 Å². The number of rotatable bonds is 6. The molecule has 0 bridgehead atoms. The van der Waals surface area contributed by atoms with E-state index >= 15 is 0 Å². The Morgan fingerprint density at radius 2 is 1.65 bits per heavy atom. The molecule has 0 radical (unpaired) electrons. The number of hydrogen-bond acceptors (Lipinski definition) is 4. The molecule has 0 amide bonds. The maximum Gasteiger partial charge on any atom is 0.164 e. The zero-order valence-corrected chi connectivity index (χ0v) is 12.8. The monoisotopic (exact) mass is 284 g/mol. The van der Waals surface area contributed by atoms with Crippen molar-refractivity contribution in [1.82, 2.24) is 0 Å². The molecular weight excluding hydrogens is 256 g/mol. The fraction of sp³-hybridized carbons (Fsp3) is 0.875. The zero-order chi connectivity index (χ0) is 14.2. The first kappa shape index (κ1) is 16.0. The molecule has 2 aliphatic rings. The predicted octanol–water partition coefficient (Wildman–Crippen LogP) is 3.12. The van der Waals surface area contributed by atoms with E-state index in [-0.39, 0.29) is 18.5 Å². The second-order valence-corrected chi connectivity index (χ2v) is 5.63. The SMILES string of the molecule is CC/C=C/C1COC(C2COC(CCCC)OC2)OC1. The first-order valence-electron chi connectivity index (χ1n) is 7.96. The van der Waals surface area contributed by atoms with E-state index in [0.29, 0.717) is 19.1 Å². The summed E-state index contributed by atoms with van der Waals surface area (Å²) in [6, 6.07) is 0. The van der Waals surface area contributed by atoms with Crippen LogP contribution in [-0.4, -0.2) is 39.0 Å². The summed E-state index contributed by atoms with van der Waals surface area (Å²) in [5.41, 5.74) is 0. The van der Waals surface area contributed by atoms with Crippen LogP contribution in [0.5, 0.6) is 0 Å². The van der Waals surface area contributed by atoms with Crippen LogP contribution in [0.4, 0.5) is 0 Å². The summed E-state index contributed by atoms with van der Waals surface area (Å²) in [4.78, 5) is 0. The first-order chi connectivity index (χ1) is 9.83. The average Bonchev–Trinajstić information content (AvgIpc) is 2.52. The second kappa shape index (κ2) is 8.78. The molecule has 4 heteroatoms. The molecule has 0 saturated carbocycles. The molecule has 0 atom stereocenters. The summed E-state index contributed by atoms with van der Waals surface area (Å²) in [6.45, 7) is 7.13. The van der Waals surface area contributed by atoms with Gasteiger partial charge < -0.3 is 18.9 Å². The molecular formula is C16H28O4. The number of ether oxygens (including phenoxy) is 4. The third-order valence-corrected chi connectivity index (χ3v) is 3.76. The Bertz CT molecular complexity index is 276. The van der Waals surface area contributed by atoms with Crippen LogP contribution in [0.1, 0.15) is 39.5 Å². The first-order valence-corrected chi connectivity index (χ1v) is 7.96. The Morgan fingerprint density at radius 1 is 0.950 bits per heavy atom. The van der Waals surface area contributed by atoms with Gasteiger partial charge in [0.25, 0.3) is 0 Å². The Balaban J connectivity index is 1.66. The van der Waals surface area contributed by atoms with Crippen molar-refractivity contribution >= 4 is 0 Å². The van der Waals surface area contributed by atoms with Gasteiger partial charge in [-0.15, -0.1) is 0 Å². The smallest absolute Gasteiger partial charge is 0.164 e. The van der Waals surface area contributed by atoms with E-state index in [1.807, 2.05) is 0 Å². The van der Waals surface area contributed by atoms with Gasteiger partial charge in [-0.05, 0) is 19.3 Å². The molecule has 116 valence electrons. The summed E-state index contributed by atoms with van der Waals surface area (Å²) in [5.74, 6) is 0.581. The molecule has 20 heavy (non-hydrogen) atoms. The van der Waals surface area contributed by atoms with E-state index in [1.54, 1.807) is 0 Å². The van der Waals surface area contributed by atoms with Gasteiger partial charge in [-0.3, -0.25) is 0 Å². The molecule has 0 spiro atoms. The van der Waals surface area contributed by atoms with Crippen molar-refractivity contribution in [2.45, 2.75) is 52.1 Å². The van der Waals surface area contributed by atoms with E-state index in [2.05, 4.69) is 26.0 Å². The molecule has 0 aliphatic carbocycles. The van der Waals surface area contributed by atoms with Crippen molar-refractivity contribution in [3.05, 3.63) is 12.2 Å². The van der Waals surface area contributed by atoms with Crippen LogP contribution in [0, 0.1) is 11.8 Å². The Labute approximate surface area is 122 Å². The number of unbranched alkanes of at least 4 members (excludes halogenated alkanes) is 1.